The highest BCUT2D eigenvalue weighted by Crippen LogP contribution is 2.31. The van der Waals surface area contributed by atoms with Crippen LogP contribution in [0.15, 0.2) is 10.6 Å². The lowest BCUT2D eigenvalue weighted by atomic mass is 9.83. The molecule has 1 aromatic heterocycles. The predicted octanol–water partition coefficient (Wildman–Crippen LogP) is 1.24. The van der Waals surface area contributed by atoms with Crippen LogP contribution in [0.1, 0.15) is 37.3 Å². The van der Waals surface area contributed by atoms with Crippen molar-refractivity contribution < 1.29 is 4.52 Å². The molecule has 1 saturated carbocycles. The van der Waals surface area contributed by atoms with Crippen molar-refractivity contribution in [3.63, 3.8) is 0 Å². The first kappa shape index (κ1) is 8.56. The molecule has 72 valence electrons. The molecule has 4 nitrogen and oxygen atoms in total. The highest BCUT2D eigenvalue weighted by atomic mass is 16.5. The summed E-state index contributed by atoms with van der Waals surface area (Å²) >= 11 is 0. The molecule has 0 aliphatic heterocycles. The van der Waals surface area contributed by atoms with Gasteiger partial charge in [-0.2, -0.15) is 0 Å². The summed E-state index contributed by atoms with van der Waals surface area (Å²) in [5, 5.41) is 3.91. The fraction of sp³-hybridized carbons (Fsp3) is 0.667. The Balaban J connectivity index is 2.14. The Labute approximate surface area is 77.3 Å². The Morgan fingerprint density at radius 3 is 2.77 bits per heavy atom. The van der Waals surface area contributed by atoms with Crippen molar-refractivity contribution >= 4 is 5.88 Å². The molecule has 2 unspecified atom stereocenters. The molecule has 4 heteroatoms. The van der Waals surface area contributed by atoms with Gasteiger partial charge in [0.2, 0.25) is 5.88 Å². The van der Waals surface area contributed by atoms with Gasteiger partial charge < -0.3 is 16.0 Å². The number of aromatic nitrogens is 1. The van der Waals surface area contributed by atoms with E-state index in [-0.39, 0.29) is 6.04 Å². The van der Waals surface area contributed by atoms with Gasteiger partial charge in [-0.1, -0.05) is 18.0 Å². The molecule has 1 aromatic rings. The molecule has 0 spiro atoms. The number of rotatable bonds is 1. The number of hydrogen-bond acceptors (Lipinski definition) is 4. The fourth-order valence-corrected chi connectivity index (χ4v) is 2.01. The third-order valence-electron chi connectivity index (χ3n) is 2.75. The van der Waals surface area contributed by atoms with Crippen molar-refractivity contribution in [3.8, 4) is 0 Å². The first-order valence-corrected chi connectivity index (χ1v) is 4.75. The molecule has 0 amide bonds. The predicted molar refractivity (Wildman–Crippen MR) is 50.1 cm³/mol. The second-order valence-electron chi connectivity index (χ2n) is 3.71. The van der Waals surface area contributed by atoms with E-state index < -0.39 is 0 Å². The van der Waals surface area contributed by atoms with Crippen molar-refractivity contribution in [1.29, 1.82) is 0 Å². The van der Waals surface area contributed by atoms with Gasteiger partial charge in [-0.15, -0.1) is 0 Å². The van der Waals surface area contributed by atoms with Crippen LogP contribution in [0.3, 0.4) is 0 Å². The van der Waals surface area contributed by atoms with E-state index in [9.17, 15) is 0 Å². The number of nitrogens with zero attached hydrogens (tertiary/aromatic N) is 1. The lowest BCUT2D eigenvalue weighted by Crippen LogP contribution is -2.31. The molecule has 2 rings (SSSR count). The van der Waals surface area contributed by atoms with Crippen LogP contribution in [0, 0.1) is 0 Å². The fourth-order valence-electron chi connectivity index (χ4n) is 2.01. The molecular formula is C9H15N3O. The molecule has 4 N–H and O–H groups in total. The lowest BCUT2D eigenvalue weighted by molar-refractivity contribution is 0.355. The Morgan fingerprint density at radius 1 is 1.38 bits per heavy atom. The molecule has 1 aliphatic carbocycles. The molecule has 0 radical (unpaired) electrons. The summed E-state index contributed by atoms with van der Waals surface area (Å²) in [5.74, 6) is 0.725. The minimum absolute atomic E-state index is 0.221. The average Bonchev–Trinajstić information content (AvgIpc) is 2.53. The summed E-state index contributed by atoms with van der Waals surface area (Å²) < 4.78 is 4.84. The lowest BCUT2D eigenvalue weighted by Gasteiger charge is -2.26. The molecular weight excluding hydrogens is 166 g/mol. The van der Waals surface area contributed by atoms with E-state index >= 15 is 0 Å². The van der Waals surface area contributed by atoms with Gasteiger partial charge in [0.05, 0.1) is 5.69 Å². The molecule has 1 heterocycles. The van der Waals surface area contributed by atoms with Gasteiger partial charge in [0.15, 0.2) is 0 Å². The zero-order valence-corrected chi connectivity index (χ0v) is 7.57. The summed E-state index contributed by atoms with van der Waals surface area (Å²) in [4.78, 5) is 0. The van der Waals surface area contributed by atoms with Crippen LogP contribution in [-0.2, 0) is 0 Å². The molecule has 1 fully saturated rings. The van der Waals surface area contributed by atoms with Crippen molar-refractivity contribution in [2.45, 2.75) is 37.6 Å². The average molecular weight is 181 g/mol. The van der Waals surface area contributed by atoms with Crippen molar-refractivity contribution in [2.24, 2.45) is 5.73 Å². The van der Waals surface area contributed by atoms with Gasteiger partial charge in [-0.3, -0.25) is 0 Å². The molecule has 0 bridgehead atoms. The van der Waals surface area contributed by atoms with Gasteiger partial charge in [0, 0.05) is 18.0 Å². The van der Waals surface area contributed by atoms with E-state index in [4.69, 9.17) is 16.0 Å². The summed E-state index contributed by atoms with van der Waals surface area (Å²) in [7, 11) is 0. The van der Waals surface area contributed by atoms with Crippen LogP contribution >= 0.6 is 0 Å². The minimum Gasteiger partial charge on any atom is -0.368 e. The van der Waals surface area contributed by atoms with Gasteiger partial charge in [0.25, 0.3) is 0 Å². The summed E-state index contributed by atoms with van der Waals surface area (Å²) in [6.07, 6.45) is 4.64. The molecule has 2 atom stereocenters. The SMILES string of the molecule is Nc1cc(C2CCCCC2N)no1. The van der Waals surface area contributed by atoms with Gasteiger partial charge in [-0.05, 0) is 12.8 Å². The smallest absolute Gasteiger partial charge is 0.222 e. The van der Waals surface area contributed by atoms with Gasteiger partial charge in [0.1, 0.15) is 0 Å². The summed E-state index contributed by atoms with van der Waals surface area (Å²) in [5.41, 5.74) is 12.4. The van der Waals surface area contributed by atoms with Crippen LogP contribution in [0.25, 0.3) is 0 Å². The van der Waals surface area contributed by atoms with E-state index in [1.165, 1.54) is 12.8 Å². The molecule has 13 heavy (non-hydrogen) atoms. The van der Waals surface area contributed by atoms with E-state index in [1.54, 1.807) is 6.07 Å². The quantitative estimate of drug-likeness (QED) is 0.683. The van der Waals surface area contributed by atoms with Crippen LogP contribution in [0.4, 0.5) is 5.88 Å². The molecule has 0 aromatic carbocycles. The minimum atomic E-state index is 0.221. The first-order valence-electron chi connectivity index (χ1n) is 4.75. The maximum Gasteiger partial charge on any atom is 0.222 e. The third kappa shape index (κ3) is 1.67. The Bertz CT molecular complexity index is 284. The second kappa shape index (κ2) is 3.38. The maximum atomic E-state index is 6.00. The highest BCUT2D eigenvalue weighted by molar-refractivity contribution is 5.27. The van der Waals surface area contributed by atoms with E-state index in [0.29, 0.717) is 11.8 Å². The number of hydrogen-bond donors (Lipinski definition) is 2. The normalized spacial score (nSPS) is 29.0. The van der Waals surface area contributed by atoms with E-state index in [2.05, 4.69) is 5.16 Å². The summed E-state index contributed by atoms with van der Waals surface area (Å²) in [6.45, 7) is 0. The van der Waals surface area contributed by atoms with E-state index in [1.807, 2.05) is 0 Å². The van der Waals surface area contributed by atoms with Crippen molar-refractivity contribution in [1.82, 2.24) is 5.16 Å². The Hall–Kier alpha value is -1.03. The topological polar surface area (TPSA) is 78.1 Å². The highest BCUT2D eigenvalue weighted by Gasteiger charge is 2.25. The molecule has 1 aliphatic rings. The second-order valence-corrected chi connectivity index (χ2v) is 3.71. The van der Waals surface area contributed by atoms with Crippen molar-refractivity contribution in [2.75, 3.05) is 5.73 Å². The largest absolute Gasteiger partial charge is 0.368 e. The van der Waals surface area contributed by atoms with Crippen LogP contribution in [0.2, 0.25) is 0 Å². The van der Waals surface area contributed by atoms with Gasteiger partial charge >= 0.3 is 0 Å². The monoisotopic (exact) mass is 181 g/mol. The number of nitrogen functional groups attached to an aromatic ring is 1. The van der Waals surface area contributed by atoms with Crippen LogP contribution < -0.4 is 11.5 Å². The third-order valence-corrected chi connectivity index (χ3v) is 2.75. The number of anilines is 1. The zero-order chi connectivity index (χ0) is 9.26. The van der Waals surface area contributed by atoms with Crippen LogP contribution in [-0.4, -0.2) is 11.2 Å². The Morgan fingerprint density at radius 2 is 2.15 bits per heavy atom. The van der Waals surface area contributed by atoms with E-state index in [0.717, 1.165) is 18.5 Å². The molecule has 0 saturated heterocycles. The maximum absolute atomic E-state index is 6.00. The zero-order valence-electron chi connectivity index (χ0n) is 7.57. The van der Waals surface area contributed by atoms with Crippen LogP contribution in [0.5, 0.6) is 0 Å². The first-order chi connectivity index (χ1) is 6.27. The van der Waals surface area contributed by atoms with Crippen molar-refractivity contribution in [3.05, 3.63) is 11.8 Å². The van der Waals surface area contributed by atoms with Gasteiger partial charge in [-0.25, -0.2) is 0 Å². The Kier molecular flexibility index (Phi) is 2.22. The summed E-state index contributed by atoms with van der Waals surface area (Å²) in [6, 6.07) is 2.01. The standard InChI is InChI=1S/C9H15N3O/c10-7-4-2-1-3-6(7)8-5-9(11)13-12-8/h5-7H,1-4,10-11H2. The number of nitrogens with two attached hydrogens (primary N) is 2.